The minimum Gasteiger partial charge on any atom is -0.335 e. The van der Waals surface area contributed by atoms with Crippen molar-refractivity contribution < 1.29 is 4.79 Å². The van der Waals surface area contributed by atoms with E-state index >= 15 is 0 Å². The first kappa shape index (κ1) is 17.6. The van der Waals surface area contributed by atoms with Gasteiger partial charge >= 0.3 is 0 Å². The van der Waals surface area contributed by atoms with E-state index in [4.69, 9.17) is 11.6 Å². The summed E-state index contributed by atoms with van der Waals surface area (Å²) in [5, 5.41) is 4.21. The molecular formula is C17H24Cl2N2O. The summed E-state index contributed by atoms with van der Waals surface area (Å²) in [7, 11) is 0. The first-order chi connectivity index (χ1) is 10.2. The van der Waals surface area contributed by atoms with Crippen LogP contribution in [-0.2, 0) is 11.3 Å². The van der Waals surface area contributed by atoms with Crippen LogP contribution in [0.25, 0.3) is 0 Å². The predicted octanol–water partition coefficient (Wildman–Crippen LogP) is 3.79. The molecule has 3 nitrogen and oxygen atoms in total. The third-order valence-corrected chi connectivity index (χ3v) is 4.70. The lowest BCUT2D eigenvalue weighted by atomic mass is 10.1. The normalized spacial score (nSPS) is 20.5. The van der Waals surface area contributed by atoms with E-state index in [1.54, 1.807) is 0 Å². The molecular weight excluding hydrogens is 319 g/mol. The molecule has 5 heteroatoms. The molecule has 1 unspecified atom stereocenters. The molecule has 3 rings (SSSR count). The second-order valence-corrected chi connectivity index (χ2v) is 6.65. The van der Waals surface area contributed by atoms with E-state index in [0.717, 1.165) is 37.4 Å². The lowest BCUT2D eigenvalue weighted by Crippen LogP contribution is -2.33. The molecule has 0 radical (unpaired) electrons. The van der Waals surface area contributed by atoms with E-state index in [-0.39, 0.29) is 12.4 Å². The zero-order chi connectivity index (χ0) is 14.7. The summed E-state index contributed by atoms with van der Waals surface area (Å²) in [6.07, 6.45) is 6.41. The van der Waals surface area contributed by atoms with Gasteiger partial charge in [0.15, 0.2) is 0 Å². The number of amides is 1. The van der Waals surface area contributed by atoms with Gasteiger partial charge in [-0.25, -0.2) is 0 Å². The lowest BCUT2D eigenvalue weighted by Gasteiger charge is -2.23. The number of nitrogens with zero attached hydrogens (tertiary/aromatic N) is 1. The molecule has 1 saturated carbocycles. The molecule has 1 aromatic rings. The van der Waals surface area contributed by atoms with E-state index in [9.17, 15) is 4.79 Å². The number of nitrogens with one attached hydrogen (secondary N) is 1. The van der Waals surface area contributed by atoms with Gasteiger partial charge in [0.1, 0.15) is 0 Å². The highest BCUT2D eigenvalue weighted by atomic mass is 35.5. The smallest absolute Gasteiger partial charge is 0.223 e. The van der Waals surface area contributed by atoms with Gasteiger partial charge in [0, 0.05) is 30.1 Å². The zero-order valence-corrected chi connectivity index (χ0v) is 14.3. The van der Waals surface area contributed by atoms with Gasteiger partial charge in [-0.1, -0.05) is 23.7 Å². The first-order valence-electron chi connectivity index (χ1n) is 7.99. The Labute approximate surface area is 143 Å². The monoisotopic (exact) mass is 342 g/mol. The molecule has 0 spiro atoms. The highest BCUT2D eigenvalue weighted by molar-refractivity contribution is 6.30. The zero-order valence-electron chi connectivity index (χ0n) is 12.8. The maximum atomic E-state index is 12.5. The first-order valence-corrected chi connectivity index (χ1v) is 8.37. The van der Waals surface area contributed by atoms with Crippen LogP contribution in [0, 0.1) is 0 Å². The molecule has 122 valence electrons. The second kappa shape index (κ2) is 8.19. The van der Waals surface area contributed by atoms with Crippen LogP contribution in [0.2, 0.25) is 5.02 Å². The number of hydrogen-bond donors (Lipinski definition) is 1. The van der Waals surface area contributed by atoms with Gasteiger partial charge in [0.2, 0.25) is 5.91 Å². The fraction of sp³-hybridized carbons (Fsp3) is 0.588. The molecule has 1 N–H and O–H groups in total. The van der Waals surface area contributed by atoms with Gasteiger partial charge in [-0.3, -0.25) is 4.79 Å². The van der Waals surface area contributed by atoms with Crippen molar-refractivity contribution in [1.29, 1.82) is 0 Å². The summed E-state index contributed by atoms with van der Waals surface area (Å²) in [6, 6.07) is 8.84. The molecule has 1 aromatic carbocycles. The average Bonchev–Trinajstić information content (AvgIpc) is 3.19. The highest BCUT2D eigenvalue weighted by Crippen LogP contribution is 2.29. The van der Waals surface area contributed by atoms with E-state index in [1.807, 2.05) is 24.3 Å². The van der Waals surface area contributed by atoms with Gasteiger partial charge in [0.25, 0.3) is 0 Å². The number of hydrogen-bond acceptors (Lipinski definition) is 2. The number of carbonyl (C=O) groups excluding carboxylic acids is 1. The van der Waals surface area contributed by atoms with E-state index < -0.39 is 0 Å². The van der Waals surface area contributed by atoms with Crippen molar-refractivity contribution in [3.8, 4) is 0 Å². The molecule has 1 saturated heterocycles. The topological polar surface area (TPSA) is 32.3 Å². The molecule has 0 bridgehead atoms. The van der Waals surface area contributed by atoms with Crippen LogP contribution in [0.15, 0.2) is 24.3 Å². The van der Waals surface area contributed by atoms with E-state index in [2.05, 4.69) is 10.2 Å². The van der Waals surface area contributed by atoms with E-state index in [0.29, 0.717) is 24.4 Å². The molecule has 1 heterocycles. The Morgan fingerprint density at radius 2 is 1.95 bits per heavy atom. The number of carbonyl (C=O) groups is 1. The predicted molar refractivity (Wildman–Crippen MR) is 92.5 cm³/mol. The van der Waals surface area contributed by atoms with Crippen LogP contribution in [0.3, 0.4) is 0 Å². The van der Waals surface area contributed by atoms with Crippen molar-refractivity contribution in [2.75, 3.05) is 6.54 Å². The summed E-state index contributed by atoms with van der Waals surface area (Å²) in [5.74, 6) is 0.307. The van der Waals surface area contributed by atoms with Gasteiger partial charge in [0.05, 0.1) is 0 Å². The van der Waals surface area contributed by atoms with Crippen molar-refractivity contribution in [3.63, 3.8) is 0 Å². The van der Waals surface area contributed by atoms with Crippen LogP contribution in [0.1, 0.15) is 44.1 Å². The van der Waals surface area contributed by atoms with Crippen molar-refractivity contribution in [1.82, 2.24) is 10.2 Å². The van der Waals surface area contributed by atoms with Gasteiger partial charge in [-0.2, -0.15) is 0 Å². The molecule has 1 aliphatic carbocycles. The summed E-state index contributed by atoms with van der Waals surface area (Å²) < 4.78 is 0. The molecule has 1 aliphatic heterocycles. The van der Waals surface area contributed by atoms with E-state index in [1.165, 1.54) is 18.4 Å². The van der Waals surface area contributed by atoms with Gasteiger partial charge < -0.3 is 10.2 Å². The quantitative estimate of drug-likeness (QED) is 0.852. The Morgan fingerprint density at radius 1 is 1.23 bits per heavy atom. The fourth-order valence-electron chi connectivity index (χ4n) is 3.04. The Hall–Kier alpha value is -0.770. The molecule has 22 heavy (non-hydrogen) atoms. The maximum absolute atomic E-state index is 12.5. The van der Waals surface area contributed by atoms with Crippen LogP contribution < -0.4 is 5.32 Å². The molecule has 1 atom stereocenters. The number of halogens is 2. The van der Waals surface area contributed by atoms with Gasteiger partial charge in [-0.05, 0) is 56.3 Å². The molecule has 0 aromatic heterocycles. The van der Waals surface area contributed by atoms with Crippen molar-refractivity contribution in [2.24, 2.45) is 0 Å². The maximum Gasteiger partial charge on any atom is 0.223 e. The number of benzene rings is 1. The van der Waals surface area contributed by atoms with Crippen molar-refractivity contribution in [2.45, 2.75) is 57.2 Å². The van der Waals surface area contributed by atoms with Crippen LogP contribution >= 0.6 is 24.0 Å². The summed E-state index contributed by atoms with van der Waals surface area (Å²) >= 11 is 5.92. The Morgan fingerprint density at radius 3 is 2.55 bits per heavy atom. The minimum atomic E-state index is 0. The van der Waals surface area contributed by atoms with Crippen LogP contribution in [0.4, 0.5) is 0 Å². The molecule has 2 aliphatic rings. The Balaban J connectivity index is 0.00000176. The summed E-state index contributed by atoms with van der Waals surface area (Å²) in [4.78, 5) is 14.6. The standard InChI is InChI=1S/C17H23ClN2O.ClH/c18-14-5-3-13(4-6-14)12-20(16-8-9-16)17(21)10-7-15-2-1-11-19-15;/h3-6,15-16,19H,1-2,7-12H2;1H. The largest absolute Gasteiger partial charge is 0.335 e. The Kier molecular flexibility index (Phi) is 6.54. The third-order valence-electron chi connectivity index (χ3n) is 4.44. The highest BCUT2D eigenvalue weighted by Gasteiger charge is 2.32. The minimum absolute atomic E-state index is 0. The van der Waals surface area contributed by atoms with Crippen LogP contribution in [0.5, 0.6) is 0 Å². The SMILES string of the molecule is Cl.O=C(CCC1CCCN1)N(Cc1ccc(Cl)cc1)C1CC1. The summed E-state index contributed by atoms with van der Waals surface area (Å²) in [5.41, 5.74) is 1.17. The third kappa shape index (κ3) is 4.87. The molecule has 1 amide bonds. The van der Waals surface area contributed by atoms with Crippen molar-refractivity contribution >= 4 is 29.9 Å². The second-order valence-electron chi connectivity index (χ2n) is 6.21. The molecule has 2 fully saturated rings. The van der Waals surface area contributed by atoms with Crippen LogP contribution in [-0.4, -0.2) is 29.4 Å². The number of rotatable bonds is 6. The van der Waals surface area contributed by atoms with Gasteiger partial charge in [-0.15, -0.1) is 12.4 Å². The average molecular weight is 343 g/mol. The fourth-order valence-corrected chi connectivity index (χ4v) is 3.16. The lowest BCUT2D eigenvalue weighted by molar-refractivity contribution is -0.132. The Bertz CT molecular complexity index is 482. The summed E-state index contributed by atoms with van der Waals surface area (Å²) in [6.45, 7) is 1.83. The van der Waals surface area contributed by atoms with Crippen molar-refractivity contribution in [3.05, 3.63) is 34.9 Å².